The van der Waals surface area contributed by atoms with E-state index in [-0.39, 0.29) is 11.4 Å². The van der Waals surface area contributed by atoms with Gasteiger partial charge in [0.05, 0.1) is 11.3 Å². The van der Waals surface area contributed by atoms with Crippen LogP contribution in [0.2, 0.25) is 0 Å². The van der Waals surface area contributed by atoms with Gasteiger partial charge in [0.1, 0.15) is 0 Å². The Morgan fingerprint density at radius 1 is 1.19 bits per heavy atom. The average Bonchev–Trinajstić information content (AvgIpc) is 2.48. The van der Waals surface area contributed by atoms with Crippen LogP contribution in [0.5, 0.6) is 11.6 Å². The molecule has 2 rings (SSSR count). The highest BCUT2D eigenvalue weighted by Gasteiger charge is 2.11. The van der Waals surface area contributed by atoms with E-state index in [4.69, 9.17) is 9.84 Å². The molecule has 0 saturated carbocycles. The summed E-state index contributed by atoms with van der Waals surface area (Å²) < 4.78 is 5.75. The molecule has 5 heteroatoms. The van der Waals surface area contributed by atoms with Gasteiger partial charge in [-0.25, -0.2) is 9.78 Å². The van der Waals surface area contributed by atoms with Crippen molar-refractivity contribution in [1.29, 1.82) is 0 Å². The smallest absolute Gasteiger partial charge is 0.335 e. The maximum absolute atomic E-state index is 11.1. The van der Waals surface area contributed by atoms with Crippen molar-refractivity contribution in [3.05, 3.63) is 46.9 Å². The highest BCUT2D eigenvalue weighted by Crippen LogP contribution is 2.25. The molecule has 0 amide bonds. The Morgan fingerprint density at radius 3 is 2.57 bits per heavy atom. The monoisotopic (exact) mass is 286 g/mol. The Balaban J connectivity index is 2.39. The van der Waals surface area contributed by atoms with Crippen molar-refractivity contribution in [2.75, 3.05) is 0 Å². The quantitative estimate of drug-likeness (QED) is 0.912. The number of pyridine rings is 2. The third kappa shape index (κ3) is 3.56. The molecule has 0 bridgehead atoms. The Morgan fingerprint density at radius 2 is 1.95 bits per heavy atom. The molecular weight excluding hydrogens is 268 g/mol. The maximum Gasteiger partial charge on any atom is 0.335 e. The normalized spacial score (nSPS) is 10.4. The number of carboxylic acids is 1. The second-order valence-corrected chi connectivity index (χ2v) is 4.70. The van der Waals surface area contributed by atoms with Crippen LogP contribution in [0.1, 0.15) is 41.3 Å². The van der Waals surface area contributed by atoms with E-state index in [0.717, 1.165) is 17.8 Å². The summed E-state index contributed by atoms with van der Waals surface area (Å²) in [5.41, 5.74) is 2.61. The van der Waals surface area contributed by atoms with Crippen molar-refractivity contribution in [3.63, 3.8) is 0 Å². The zero-order valence-corrected chi connectivity index (χ0v) is 12.4. The third-order valence-electron chi connectivity index (χ3n) is 3.09. The number of aryl methyl sites for hydroxylation is 3. The molecule has 0 aliphatic carbocycles. The van der Waals surface area contributed by atoms with Gasteiger partial charge in [0.2, 0.25) is 5.88 Å². The predicted octanol–water partition coefficient (Wildman–Crippen LogP) is 3.40. The Hall–Kier alpha value is -2.43. The van der Waals surface area contributed by atoms with Gasteiger partial charge in [-0.05, 0) is 38.0 Å². The lowest BCUT2D eigenvalue weighted by atomic mass is 10.2. The third-order valence-corrected chi connectivity index (χ3v) is 3.09. The van der Waals surface area contributed by atoms with Crippen molar-refractivity contribution in [2.45, 2.75) is 33.6 Å². The predicted molar refractivity (Wildman–Crippen MR) is 79.0 cm³/mol. The second kappa shape index (κ2) is 6.35. The first-order chi connectivity index (χ1) is 10.0. The summed E-state index contributed by atoms with van der Waals surface area (Å²) >= 11 is 0. The largest absolute Gasteiger partial charge is 0.478 e. The summed E-state index contributed by atoms with van der Waals surface area (Å²) in [5.74, 6) is -0.0954. The number of aromatic nitrogens is 2. The van der Waals surface area contributed by atoms with Gasteiger partial charge in [-0.1, -0.05) is 13.8 Å². The van der Waals surface area contributed by atoms with Gasteiger partial charge >= 0.3 is 5.97 Å². The van der Waals surface area contributed by atoms with Crippen LogP contribution in [0, 0.1) is 6.92 Å². The minimum atomic E-state index is -0.991. The van der Waals surface area contributed by atoms with E-state index in [9.17, 15) is 4.79 Å². The number of hydrogen-bond donors (Lipinski definition) is 1. The Labute approximate surface area is 123 Å². The molecule has 0 atom stereocenters. The van der Waals surface area contributed by atoms with Crippen molar-refractivity contribution in [2.24, 2.45) is 0 Å². The molecule has 0 aromatic carbocycles. The highest BCUT2D eigenvalue weighted by molar-refractivity contribution is 5.88. The SMILES string of the molecule is CCc1cc(C(=O)O)cc(Oc2ccc(C)nc2CC)n1. The molecule has 0 unspecified atom stereocenters. The number of nitrogens with zero attached hydrogens (tertiary/aromatic N) is 2. The fourth-order valence-corrected chi connectivity index (χ4v) is 1.97. The van der Waals surface area contributed by atoms with Crippen LogP contribution in [-0.4, -0.2) is 21.0 Å². The second-order valence-electron chi connectivity index (χ2n) is 4.70. The van der Waals surface area contributed by atoms with Crippen molar-refractivity contribution in [1.82, 2.24) is 9.97 Å². The molecule has 110 valence electrons. The molecule has 1 N–H and O–H groups in total. The van der Waals surface area contributed by atoms with Crippen LogP contribution >= 0.6 is 0 Å². The standard InChI is InChI=1S/C16H18N2O3/c1-4-12-8-11(16(19)20)9-15(18-12)21-14-7-6-10(3)17-13(14)5-2/h6-9H,4-5H2,1-3H3,(H,19,20). The first-order valence-electron chi connectivity index (χ1n) is 6.92. The summed E-state index contributed by atoms with van der Waals surface area (Å²) in [5, 5.41) is 9.14. The zero-order valence-electron chi connectivity index (χ0n) is 12.4. The summed E-state index contributed by atoms with van der Waals surface area (Å²) in [7, 11) is 0. The minimum Gasteiger partial charge on any atom is -0.478 e. The average molecular weight is 286 g/mol. The van der Waals surface area contributed by atoms with Gasteiger partial charge in [0.15, 0.2) is 5.75 Å². The van der Waals surface area contributed by atoms with E-state index in [1.165, 1.54) is 6.07 Å². The van der Waals surface area contributed by atoms with Crippen molar-refractivity contribution < 1.29 is 14.6 Å². The molecule has 0 spiro atoms. The fourth-order valence-electron chi connectivity index (χ4n) is 1.97. The summed E-state index contributed by atoms with van der Waals surface area (Å²) in [6.07, 6.45) is 1.38. The molecular formula is C16H18N2O3. The van der Waals surface area contributed by atoms with Gasteiger partial charge in [-0.2, -0.15) is 0 Å². The molecule has 21 heavy (non-hydrogen) atoms. The van der Waals surface area contributed by atoms with Crippen LogP contribution in [0.4, 0.5) is 0 Å². The minimum absolute atomic E-state index is 0.176. The van der Waals surface area contributed by atoms with Crippen LogP contribution in [0.3, 0.4) is 0 Å². The van der Waals surface area contributed by atoms with Gasteiger partial charge in [-0.15, -0.1) is 0 Å². The maximum atomic E-state index is 11.1. The van der Waals surface area contributed by atoms with Gasteiger partial charge in [0, 0.05) is 17.5 Å². The lowest BCUT2D eigenvalue weighted by Crippen LogP contribution is -2.02. The van der Waals surface area contributed by atoms with Crippen LogP contribution in [0.15, 0.2) is 24.3 Å². The first kappa shape index (κ1) is 15.0. The lowest BCUT2D eigenvalue weighted by Gasteiger charge is -2.11. The molecule has 0 radical (unpaired) electrons. The summed E-state index contributed by atoms with van der Waals surface area (Å²) in [4.78, 5) is 19.9. The van der Waals surface area contributed by atoms with Crippen LogP contribution < -0.4 is 4.74 Å². The molecule has 5 nitrogen and oxygen atoms in total. The Bertz CT molecular complexity index is 669. The van der Waals surface area contributed by atoms with Crippen LogP contribution in [0.25, 0.3) is 0 Å². The van der Waals surface area contributed by atoms with E-state index < -0.39 is 5.97 Å². The lowest BCUT2D eigenvalue weighted by molar-refractivity contribution is 0.0696. The van der Waals surface area contributed by atoms with Crippen molar-refractivity contribution >= 4 is 5.97 Å². The van der Waals surface area contributed by atoms with E-state index in [1.807, 2.05) is 32.9 Å². The van der Waals surface area contributed by atoms with Gasteiger partial charge in [-0.3, -0.25) is 4.98 Å². The first-order valence-corrected chi connectivity index (χ1v) is 6.92. The fraction of sp³-hybridized carbons (Fsp3) is 0.312. The van der Waals surface area contributed by atoms with Crippen LogP contribution in [-0.2, 0) is 12.8 Å². The number of rotatable bonds is 5. The molecule has 0 fully saturated rings. The summed E-state index contributed by atoms with van der Waals surface area (Å²) in [6, 6.07) is 6.68. The van der Waals surface area contributed by atoms with Gasteiger partial charge in [0.25, 0.3) is 0 Å². The zero-order chi connectivity index (χ0) is 15.4. The van der Waals surface area contributed by atoms with E-state index in [2.05, 4.69) is 9.97 Å². The number of carboxylic acid groups (broad SMARTS) is 1. The van der Waals surface area contributed by atoms with Crippen molar-refractivity contribution in [3.8, 4) is 11.6 Å². The molecule has 0 aliphatic heterocycles. The number of carbonyl (C=O) groups is 1. The topological polar surface area (TPSA) is 72.3 Å². The number of ether oxygens (including phenoxy) is 1. The molecule has 0 saturated heterocycles. The van der Waals surface area contributed by atoms with Gasteiger partial charge < -0.3 is 9.84 Å². The number of hydrogen-bond acceptors (Lipinski definition) is 4. The molecule has 2 aromatic heterocycles. The molecule has 2 heterocycles. The highest BCUT2D eigenvalue weighted by atomic mass is 16.5. The summed E-state index contributed by atoms with van der Waals surface area (Å²) in [6.45, 7) is 5.83. The van der Waals surface area contributed by atoms with E-state index in [0.29, 0.717) is 17.9 Å². The Kier molecular flexibility index (Phi) is 4.52. The number of aromatic carboxylic acids is 1. The van der Waals surface area contributed by atoms with E-state index in [1.54, 1.807) is 6.07 Å². The molecule has 0 aliphatic rings. The van der Waals surface area contributed by atoms with E-state index >= 15 is 0 Å². The molecule has 2 aromatic rings.